The molecule has 1 nitrogen and oxygen atoms in total. The fourth-order valence-corrected chi connectivity index (χ4v) is 1.50. The van der Waals surface area contributed by atoms with Crippen molar-refractivity contribution in [1.29, 1.82) is 0 Å². The van der Waals surface area contributed by atoms with Crippen molar-refractivity contribution in [2.24, 2.45) is 0 Å². The first-order valence-electron chi connectivity index (χ1n) is 2.05. The molecule has 0 radical (unpaired) electrons. The van der Waals surface area contributed by atoms with Gasteiger partial charge in [-0.15, -0.1) is 0 Å². The minimum absolute atomic E-state index is 0.860. The van der Waals surface area contributed by atoms with Crippen LogP contribution in [-0.4, -0.2) is 34.5 Å². The zero-order valence-electron chi connectivity index (χ0n) is 4.62. The van der Waals surface area contributed by atoms with E-state index in [0.717, 1.165) is 15.0 Å². The summed E-state index contributed by atoms with van der Waals surface area (Å²) in [5.41, 5.74) is 1.35. The topological polar surface area (TPSA) is 4.44 Å². The van der Waals surface area contributed by atoms with Crippen LogP contribution < -0.4 is 4.90 Å². The first-order chi connectivity index (χ1) is 2.77. The maximum atomic E-state index is 2.26. The van der Waals surface area contributed by atoms with E-state index in [1.165, 1.54) is 5.44 Å². The van der Waals surface area contributed by atoms with E-state index in [0.29, 0.717) is 0 Å². The summed E-state index contributed by atoms with van der Waals surface area (Å²) < 4.78 is 0. The van der Waals surface area contributed by atoms with Crippen molar-refractivity contribution < 1.29 is 4.90 Å². The van der Waals surface area contributed by atoms with E-state index in [1.807, 2.05) is 0 Å². The molecule has 0 aliphatic carbocycles. The van der Waals surface area contributed by atoms with Crippen LogP contribution in [0.15, 0.2) is 0 Å². The van der Waals surface area contributed by atoms with Crippen molar-refractivity contribution >= 4 is 15.0 Å². The molecule has 0 saturated carbocycles. The van der Waals surface area contributed by atoms with Crippen LogP contribution in [0.3, 0.4) is 0 Å². The van der Waals surface area contributed by atoms with Gasteiger partial charge in [0.2, 0.25) is 0 Å². The molecule has 0 rings (SSSR count). The number of quaternary nitrogens is 1. The molecule has 0 saturated heterocycles. The van der Waals surface area contributed by atoms with Crippen LogP contribution in [0.25, 0.3) is 0 Å². The quantitative estimate of drug-likeness (QED) is 0.477. The summed E-state index contributed by atoms with van der Waals surface area (Å²) >= 11 is 0.860. The molecule has 0 spiro atoms. The van der Waals surface area contributed by atoms with E-state index < -0.39 is 0 Å². The second-order valence-electron chi connectivity index (χ2n) is 1.64. The van der Waals surface area contributed by atoms with Crippen molar-refractivity contribution in [3.63, 3.8) is 0 Å². The molecule has 2 heteroatoms. The van der Waals surface area contributed by atoms with E-state index in [4.69, 9.17) is 0 Å². The Labute approximate surface area is 45.9 Å². The second-order valence-corrected chi connectivity index (χ2v) is 3.46. The Morgan fingerprint density at radius 2 is 2.00 bits per heavy atom. The zero-order chi connectivity index (χ0) is 4.99. The van der Waals surface area contributed by atoms with Crippen molar-refractivity contribution in [3.05, 3.63) is 0 Å². The Morgan fingerprint density at radius 3 is 2.00 bits per heavy atom. The average Bonchev–Trinajstić information content (AvgIpc) is 1.35. The fourth-order valence-electron chi connectivity index (χ4n) is 0.289. The van der Waals surface area contributed by atoms with E-state index in [9.17, 15) is 0 Å². The maximum absolute atomic E-state index is 2.26. The van der Waals surface area contributed by atoms with Gasteiger partial charge in [0.05, 0.1) is 0 Å². The average molecular weight is 153 g/mol. The molecule has 0 atom stereocenters. The third kappa shape index (κ3) is 4.48. The number of rotatable bonds is 2. The normalized spacial score (nSPS) is 10.0. The van der Waals surface area contributed by atoms with Crippen LogP contribution in [0.5, 0.6) is 0 Å². The first kappa shape index (κ1) is 6.48. The summed E-state index contributed by atoms with van der Waals surface area (Å²) in [5.74, 6) is 2.26. The predicted octanol–water partition coefficient (Wildman–Crippen LogP) is -1.16. The van der Waals surface area contributed by atoms with Gasteiger partial charge in [-0.3, -0.25) is 0 Å². The van der Waals surface area contributed by atoms with Crippen molar-refractivity contribution in [2.45, 2.75) is 5.82 Å². The standard InChI is InChI=1S/C4H11NSe/c1-5(2)4-6-3/h4H2,1-3H3/p+1. The van der Waals surface area contributed by atoms with Crippen molar-refractivity contribution in [3.8, 4) is 0 Å². The summed E-state index contributed by atoms with van der Waals surface area (Å²) in [7, 11) is 4.37. The summed E-state index contributed by atoms with van der Waals surface area (Å²) in [6.45, 7) is 0. The Bertz CT molecular complexity index is 28.7. The molecule has 0 aromatic carbocycles. The molecule has 0 aromatic heterocycles. The van der Waals surface area contributed by atoms with Gasteiger partial charge in [-0.25, -0.2) is 0 Å². The monoisotopic (exact) mass is 154 g/mol. The molecule has 6 heavy (non-hydrogen) atoms. The van der Waals surface area contributed by atoms with Gasteiger partial charge in [0.15, 0.2) is 0 Å². The van der Waals surface area contributed by atoms with Gasteiger partial charge in [0.25, 0.3) is 0 Å². The Morgan fingerprint density at radius 1 is 1.50 bits per heavy atom. The SMILES string of the molecule is C[Se]C[NH+](C)C. The van der Waals surface area contributed by atoms with Crippen molar-refractivity contribution in [2.75, 3.05) is 19.5 Å². The van der Waals surface area contributed by atoms with Gasteiger partial charge < -0.3 is 0 Å². The third-order valence-electron chi connectivity index (χ3n) is 0.433. The molecule has 0 aromatic rings. The van der Waals surface area contributed by atoms with Crippen LogP contribution in [0.1, 0.15) is 0 Å². The minimum atomic E-state index is 0.860. The molecule has 0 bridgehead atoms. The molecule has 0 fully saturated rings. The zero-order valence-corrected chi connectivity index (χ0v) is 6.33. The molecule has 0 heterocycles. The summed E-state index contributed by atoms with van der Waals surface area (Å²) in [6.07, 6.45) is 0. The second kappa shape index (κ2) is 3.66. The van der Waals surface area contributed by atoms with E-state index in [1.54, 1.807) is 4.90 Å². The molecular weight excluding hydrogens is 141 g/mol. The molecule has 0 amide bonds. The summed E-state index contributed by atoms with van der Waals surface area (Å²) in [5, 5.41) is 0. The number of nitrogens with one attached hydrogen (secondary N) is 1. The van der Waals surface area contributed by atoms with Crippen molar-refractivity contribution in [1.82, 2.24) is 0 Å². The van der Waals surface area contributed by atoms with E-state index >= 15 is 0 Å². The van der Waals surface area contributed by atoms with E-state index in [-0.39, 0.29) is 0 Å². The predicted molar refractivity (Wildman–Crippen MR) is 29.3 cm³/mol. The Hall–Kier alpha value is 0.479. The fraction of sp³-hybridized carbons (Fsp3) is 1.00. The molecule has 0 aliphatic heterocycles. The van der Waals surface area contributed by atoms with Gasteiger partial charge >= 0.3 is 45.2 Å². The van der Waals surface area contributed by atoms with Gasteiger partial charge in [-0.05, 0) is 0 Å². The van der Waals surface area contributed by atoms with Gasteiger partial charge in [0.1, 0.15) is 0 Å². The summed E-state index contributed by atoms with van der Waals surface area (Å²) in [6, 6.07) is 0. The number of hydrogen-bond donors (Lipinski definition) is 1. The van der Waals surface area contributed by atoms with Crippen LogP contribution in [0, 0.1) is 0 Å². The van der Waals surface area contributed by atoms with Gasteiger partial charge in [-0.1, -0.05) is 0 Å². The summed E-state index contributed by atoms with van der Waals surface area (Å²) in [4.78, 5) is 1.57. The van der Waals surface area contributed by atoms with Crippen LogP contribution in [0.2, 0.25) is 5.82 Å². The van der Waals surface area contributed by atoms with Crippen LogP contribution in [0.4, 0.5) is 0 Å². The third-order valence-corrected chi connectivity index (χ3v) is 2.25. The Balaban J connectivity index is 2.63. The first-order valence-corrected chi connectivity index (χ1v) is 4.97. The molecule has 38 valence electrons. The van der Waals surface area contributed by atoms with Gasteiger partial charge in [-0.2, -0.15) is 0 Å². The molecule has 1 N–H and O–H groups in total. The molecular formula is C4H12NSe+. The molecule has 0 unspecified atom stereocenters. The van der Waals surface area contributed by atoms with Crippen LogP contribution >= 0.6 is 0 Å². The van der Waals surface area contributed by atoms with E-state index in [2.05, 4.69) is 19.9 Å². The Kier molecular flexibility index (Phi) is 3.95. The molecule has 0 aliphatic rings. The number of hydrogen-bond acceptors (Lipinski definition) is 0. The van der Waals surface area contributed by atoms with Gasteiger partial charge in [0, 0.05) is 0 Å². The van der Waals surface area contributed by atoms with Crippen LogP contribution in [-0.2, 0) is 0 Å².